The summed E-state index contributed by atoms with van der Waals surface area (Å²) < 4.78 is 2.13. The quantitative estimate of drug-likeness (QED) is 0.428. The molecule has 2 heteroatoms. The standard InChI is InChI=1S/C25H24N2/c1-18-12-14-21(15-13-18)17-27-25(23-11-7-5-9-20(23)3)16-24(26-27)22-10-6-4-8-19(22)2/h4-16H,17H2,1-3H3. The normalized spacial score (nSPS) is 10.9. The molecule has 3 aromatic carbocycles. The number of benzene rings is 3. The Morgan fingerprint density at radius 3 is 1.93 bits per heavy atom. The van der Waals surface area contributed by atoms with Gasteiger partial charge in [0.05, 0.1) is 17.9 Å². The molecular formula is C25H24N2. The summed E-state index contributed by atoms with van der Waals surface area (Å²) in [6.45, 7) is 7.18. The average molecular weight is 352 g/mol. The summed E-state index contributed by atoms with van der Waals surface area (Å²) in [7, 11) is 0. The molecule has 0 radical (unpaired) electrons. The third-order valence-corrected chi connectivity index (χ3v) is 5.07. The lowest BCUT2D eigenvalue weighted by Crippen LogP contribution is -2.04. The van der Waals surface area contributed by atoms with E-state index in [9.17, 15) is 0 Å². The van der Waals surface area contributed by atoms with Crippen LogP contribution < -0.4 is 0 Å². The van der Waals surface area contributed by atoms with Crippen molar-refractivity contribution in [3.8, 4) is 22.5 Å². The average Bonchev–Trinajstić information content (AvgIpc) is 3.08. The lowest BCUT2D eigenvalue weighted by molar-refractivity contribution is 0.696. The molecule has 0 unspecified atom stereocenters. The molecule has 27 heavy (non-hydrogen) atoms. The van der Waals surface area contributed by atoms with E-state index in [2.05, 4.69) is 104 Å². The fourth-order valence-electron chi connectivity index (χ4n) is 3.47. The fourth-order valence-corrected chi connectivity index (χ4v) is 3.47. The predicted molar refractivity (Wildman–Crippen MR) is 113 cm³/mol. The molecule has 0 N–H and O–H groups in total. The molecule has 0 spiro atoms. The molecule has 4 aromatic rings. The smallest absolute Gasteiger partial charge is 0.0932 e. The lowest BCUT2D eigenvalue weighted by atomic mass is 10.0. The van der Waals surface area contributed by atoms with Crippen molar-refractivity contribution in [2.75, 3.05) is 0 Å². The maximum atomic E-state index is 4.99. The first-order valence-electron chi connectivity index (χ1n) is 9.37. The van der Waals surface area contributed by atoms with Crippen molar-refractivity contribution in [2.24, 2.45) is 0 Å². The predicted octanol–water partition coefficient (Wildman–Crippen LogP) is 6.19. The molecule has 2 nitrogen and oxygen atoms in total. The van der Waals surface area contributed by atoms with Gasteiger partial charge in [-0.05, 0) is 43.5 Å². The van der Waals surface area contributed by atoms with Gasteiger partial charge in [-0.25, -0.2) is 0 Å². The minimum absolute atomic E-state index is 0.760. The van der Waals surface area contributed by atoms with Crippen LogP contribution in [0.5, 0.6) is 0 Å². The maximum absolute atomic E-state index is 4.99. The van der Waals surface area contributed by atoms with Crippen LogP contribution in [0.25, 0.3) is 22.5 Å². The number of hydrogen-bond donors (Lipinski definition) is 0. The van der Waals surface area contributed by atoms with E-state index in [-0.39, 0.29) is 0 Å². The zero-order valence-electron chi connectivity index (χ0n) is 16.1. The van der Waals surface area contributed by atoms with Gasteiger partial charge in [0.1, 0.15) is 0 Å². The molecule has 0 atom stereocenters. The summed E-state index contributed by atoms with van der Waals surface area (Å²) in [4.78, 5) is 0. The van der Waals surface area contributed by atoms with Crippen molar-refractivity contribution in [3.63, 3.8) is 0 Å². The Balaban J connectivity index is 1.84. The molecule has 0 bridgehead atoms. The molecule has 4 rings (SSSR count). The Morgan fingerprint density at radius 1 is 0.704 bits per heavy atom. The second kappa shape index (κ2) is 7.24. The van der Waals surface area contributed by atoms with Crippen LogP contribution in [0.1, 0.15) is 22.3 Å². The Bertz CT molecular complexity index is 1070. The lowest BCUT2D eigenvalue weighted by Gasteiger charge is -2.10. The van der Waals surface area contributed by atoms with E-state index in [1.165, 1.54) is 33.4 Å². The van der Waals surface area contributed by atoms with Crippen LogP contribution in [0, 0.1) is 20.8 Å². The van der Waals surface area contributed by atoms with Crippen molar-refractivity contribution in [1.29, 1.82) is 0 Å². The van der Waals surface area contributed by atoms with E-state index < -0.39 is 0 Å². The zero-order valence-corrected chi connectivity index (χ0v) is 16.1. The van der Waals surface area contributed by atoms with Gasteiger partial charge in [0, 0.05) is 11.1 Å². The summed E-state index contributed by atoms with van der Waals surface area (Å²) >= 11 is 0. The van der Waals surface area contributed by atoms with Crippen molar-refractivity contribution < 1.29 is 0 Å². The minimum atomic E-state index is 0.760. The molecule has 0 fully saturated rings. The number of hydrogen-bond acceptors (Lipinski definition) is 1. The summed E-state index contributed by atoms with van der Waals surface area (Å²) in [5.41, 5.74) is 9.65. The van der Waals surface area contributed by atoms with E-state index in [1.54, 1.807) is 0 Å². The van der Waals surface area contributed by atoms with Crippen LogP contribution in [0.15, 0.2) is 78.9 Å². The van der Waals surface area contributed by atoms with Gasteiger partial charge < -0.3 is 0 Å². The van der Waals surface area contributed by atoms with E-state index in [1.807, 2.05) is 0 Å². The highest BCUT2D eigenvalue weighted by Gasteiger charge is 2.14. The van der Waals surface area contributed by atoms with E-state index >= 15 is 0 Å². The molecule has 134 valence electrons. The Morgan fingerprint density at radius 2 is 1.30 bits per heavy atom. The monoisotopic (exact) mass is 352 g/mol. The zero-order chi connectivity index (χ0) is 18.8. The topological polar surface area (TPSA) is 17.8 Å². The van der Waals surface area contributed by atoms with Crippen LogP contribution in [0.2, 0.25) is 0 Å². The maximum Gasteiger partial charge on any atom is 0.0932 e. The molecular weight excluding hydrogens is 328 g/mol. The molecule has 0 saturated heterocycles. The summed E-state index contributed by atoms with van der Waals surface area (Å²) in [5, 5.41) is 4.99. The van der Waals surface area contributed by atoms with Gasteiger partial charge >= 0.3 is 0 Å². The highest BCUT2D eigenvalue weighted by atomic mass is 15.3. The van der Waals surface area contributed by atoms with Crippen LogP contribution >= 0.6 is 0 Å². The van der Waals surface area contributed by atoms with Gasteiger partial charge in [-0.1, -0.05) is 78.4 Å². The number of rotatable bonds is 4. The van der Waals surface area contributed by atoms with Crippen LogP contribution in [-0.2, 0) is 6.54 Å². The summed E-state index contributed by atoms with van der Waals surface area (Å²) in [6, 6.07) is 27.9. The van der Waals surface area contributed by atoms with Crippen molar-refractivity contribution in [3.05, 3.63) is 101 Å². The SMILES string of the molecule is Cc1ccc(Cn2nc(-c3ccccc3C)cc2-c2ccccc2C)cc1. The second-order valence-electron chi connectivity index (χ2n) is 7.19. The molecule has 1 aromatic heterocycles. The second-order valence-corrected chi connectivity index (χ2v) is 7.19. The third kappa shape index (κ3) is 3.56. The highest BCUT2D eigenvalue weighted by molar-refractivity contribution is 5.72. The van der Waals surface area contributed by atoms with E-state index in [0.717, 1.165) is 17.9 Å². The van der Waals surface area contributed by atoms with Gasteiger partial charge in [0.25, 0.3) is 0 Å². The van der Waals surface area contributed by atoms with Crippen LogP contribution in [0.4, 0.5) is 0 Å². The molecule has 0 aliphatic rings. The van der Waals surface area contributed by atoms with Gasteiger partial charge in [0.15, 0.2) is 0 Å². The van der Waals surface area contributed by atoms with Crippen LogP contribution in [-0.4, -0.2) is 9.78 Å². The Hall–Kier alpha value is -3.13. The van der Waals surface area contributed by atoms with Gasteiger partial charge in [-0.3, -0.25) is 4.68 Å². The Kier molecular flexibility index (Phi) is 4.64. The first kappa shape index (κ1) is 17.3. The molecule has 0 aliphatic carbocycles. The Labute approximate surface area is 161 Å². The highest BCUT2D eigenvalue weighted by Crippen LogP contribution is 2.30. The summed E-state index contributed by atoms with van der Waals surface area (Å²) in [5.74, 6) is 0. The fraction of sp³-hybridized carbons (Fsp3) is 0.160. The van der Waals surface area contributed by atoms with E-state index in [4.69, 9.17) is 5.10 Å². The van der Waals surface area contributed by atoms with Crippen molar-refractivity contribution in [1.82, 2.24) is 9.78 Å². The number of aromatic nitrogens is 2. The van der Waals surface area contributed by atoms with Crippen LogP contribution in [0.3, 0.4) is 0 Å². The molecule has 1 heterocycles. The van der Waals surface area contributed by atoms with Gasteiger partial charge in [-0.15, -0.1) is 0 Å². The summed E-state index contributed by atoms with van der Waals surface area (Å²) in [6.07, 6.45) is 0. The largest absolute Gasteiger partial charge is 0.260 e. The van der Waals surface area contributed by atoms with Crippen molar-refractivity contribution >= 4 is 0 Å². The van der Waals surface area contributed by atoms with Crippen molar-refractivity contribution in [2.45, 2.75) is 27.3 Å². The molecule has 0 aliphatic heterocycles. The molecule has 0 amide bonds. The third-order valence-electron chi connectivity index (χ3n) is 5.07. The first-order chi connectivity index (χ1) is 13.1. The molecule has 0 saturated carbocycles. The minimum Gasteiger partial charge on any atom is -0.260 e. The van der Waals surface area contributed by atoms with Gasteiger partial charge in [0.2, 0.25) is 0 Å². The van der Waals surface area contributed by atoms with E-state index in [0.29, 0.717) is 0 Å². The number of aryl methyl sites for hydroxylation is 3. The van der Waals surface area contributed by atoms with Gasteiger partial charge in [-0.2, -0.15) is 5.10 Å². The number of nitrogens with zero attached hydrogens (tertiary/aromatic N) is 2. The first-order valence-corrected chi connectivity index (χ1v) is 9.37.